The van der Waals surface area contributed by atoms with Gasteiger partial charge in [0.1, 0.15) is 0 Å². The lowest BCUT2D eigenvalue weighted by Crippen LogP contribution is -2.47. The Kier molecular flexibility index (Phi) is 2.19. The third kappa shape index (κ3) is 2.11. The van der Waals surface area contributed by atoms with E-state index in [1.165, 1.54) is 7.05 Å². The molecule has 1 aliphatic rings. The van der Waals surface area contributed by atoms with Gasteiger partial charge in [-0.3, -0.25) is 10.2 Å². The standard InChI is InChI=1S/C8H15N3O2/c1-8(2)4-5(8)6(12)10-11(3)7(9)13/h5H,4H2,1-3H3,(H2,9,13)(H,10,12)/t5-/m1/s1. The van der Waals surface area contributed by atoms with E-state index in [9.17, 15) is 9.59 Å². The van der Waals surface area contributed by atoms with Gasteiger partial charge in [0.05, 0.1) is 0 Å². The smallest absolute Gasteiger partial charge is 0.333 e. The van der Waals surface area contributed by atoms with Crippen LogP contribution in [0.25, 0.3) is 0 Å². The van der Waals surface area contributed by atoms with Gasteiger partial charge in [-0.25, -0.2) is 9.80 Å². The number of primary amides is 1. The predicted octanol–water partition coefficient (Wildman–Crippen LogP) is 0.0742. The zero-order valence-electron chi connectivity index (χ0n) is 8.13. The number of rotatable bonds is 1. The topological polar surface area (TPSA) is 75.4 Å². The summed E-state index contributed by atoms with van der Waals surface area (Å²) in [4.78, 5) is 21.9. The fourth-order valence-electron chi connectivity index (χ4n) is 1.21. The van der Waals surface area contributed by atoms with Crippen LogP contribution in [0, 0.1) is 11.3 Å². The van der Waals surface area contributed by atoms with Crippen LogP contribution in [0.2, 0.25) is 0 Å². The zero-order valence-corrected chi connectivity index (χ0v) is 8.13. The number of carbonyl (C=O) groups excluding carboxylic acids is 2. The van der Waals surface area contributed by atoms with Crippen molar-refractivity contribution < 1.29 is 9.59 Å². The minimum atomic E-state index is -0.660. The summed E-state index contributed by atoms with van der Waals surface area (Å²) in [5.41, 5.74) is 7.43. The van der Waals surface area contributed by atoms with Crippen molar-refractivity contribution in [1.82, 2.24) is 10.4 Å². The second-order valence-electron chi connectivity index (χ2n) is 4.12. The maximum absolute atomic E-state index is 11.4. The summed E-state index contributed by atoms with van der Waals surface area (Å²) in [5.74, 6) is -0.124. The molecule has 0 unspecified atom stereocenters. The van der Waals surface area contributed by atoms with E-state index in [-0.39, 0.29) is 17.2 Å². The van der Waals surface area contributed by atoms with Crippen molar-refractivity contribution in [3.05, 3.63) is 0 Å². The first-order valence-corrected chi connectivity index (χ1v) is 4.18. The number of urea groups is 1. The van der Waals surface area contributed by atoms with E-state index < -0.39 is 6.03 Å². The predicted molar refractivity (Wildman–Crippen MR) is 47.4 cm³/mol. The van der Waals surface area contributed by atoms with Crippen molar-refractivity contribution in [1.29, 1.82) is 0 Å². The van der Waals surface area contributed by atoms with Crippen molar-refractivity contribution in [3.63, 3.8) is 0 Å². The molecule has 3 amide bonds. The van der Waals surface area contributed by atoms with Crippen LogP contribution in [-0.2, 0) is 4.79 Å². The molecule has 1 rings (SSSR count). The molecule has 0 bridgehead atoms. The number of hydrogen-bond acceptors (Lipinski definition) is 2. The molecule has 1 atom stereocenters. The maximum atomic E-state index is 11.4. The number of amides is 3. The molecule has 1 saturated carbocycles. The van der Waals surface area contributed by atoms with E-state index in [1.807, 2.05) is 13.8 Å². The molecule has 74 valence electrons. The lowest BCUT2D eigenvalue weighted by atomic mass is 10.1. The van der Waals surface area contributed by atoms with Gasteiger partial charge in [-0.2, -0.15) is 0 Å². The monoisotopic (exact) mass is 185 g/mol. The second kappa shape index (κ2) is 2.90. The SMILES string of the molecule is CN(NC(=O)[C@H]1CC1(C)C)C(N)=O. The second-order valence-corrected chi connectivity index (χ2v) is 4.12. The number of hydrogen-bond donors (Lipinski definition) is 2. The highest BCUT2D eigenvalue weighted by atomic mass is 16.2. The average Bonchev–Trinajstić information content (AvgIpc) is 2.59. The molecule has 0 saturated heterocycles. The highest BCUT2D eigenvalue weighted by molar-refractivity contribution is 5.84. The van der Waals surface area contributed by atoms with E-state index in [0.717, 1.165) is 11.4 Å². The first kappa shape index (κ1) is 9.83. The molecule has 0 aromatic heterocycles. The lowest BCUT2D eigenvalue weighted by Gasteiger charge is -2.15. The summed E-state index contributed by atoms with van der Waals surface area (Å²) in [6, 6.07) is -0.660. The molecule has 3 N–H and O–H groups in total. The summed E-state index contributed by atoms with van der Waals surface area (Å²) in [7, 11) is 1.43. The Morgan fingerprint density at radius 1 is 1.54 bits per heavy atom. The van der Waals surface area contributed by atoms with Crippen molar-refractivity contribution in [2.24, 2.45) is 17.1 Å². The molecule has 0 aromatic carbocycles. The van der Waals surface area contributed by atoms with Gasteiger partial charge in [-0.15, -0.1) is 0 Å². The van der Waals surface area contributed by atoms with Crippen molar-refractivity contribution >= 4 is 11.9 Å². The van der Waals surface area contributed by atoms with Crippen LogP contribution in [0.4, 0.5) is 4.79 Å². The fourth-order valence-corrected chi connectivity index (χ4v) is 1.21. The van der Waals surface area contributed by atoms with Gasteiger partial charge in [0.15, 0.2) is 0 Å². The Morgan fingerprint density at radius 3 is 2.31 bits per heavy atom. The first-order chi connectivity index (χ1) is 5.84. The van der Waals surface area contributed by atoms with E-state index in [0.29, 0.717) is 0 Å². The molecule has 1 aliphatic carbocycles. The molecular weight excluding hydrogens is 170 g/mol. The molecule has 5 nitrogen and oxygen atoms in total. The average molecular weight is 185 g/mol. The summed E-state index contributed by atoms with van der Waals surface area (Å²) < 4.78 is 0. The van der Waals surface area contributed by atoms with E-state index >= 15 is 0 Å². The molecule has 0 radical (unpaired) electrons. The largest absolute Gasteiger partial charge is 0.350 e. The van der Waals surface area contributed by atoms with Crippen LogP contribution in [0.1, 0.15) is 20.3 Å². The van der Waals surface area contributed by atoms with Gasteiger partial charge in [-0.1, -0.05) is 13.8 Å². The Labute approximate surface area is 77.2 Å². The summed E-state index contributed by atoms with van der Waals surface area (Å²) in [5, 5.41) is 0.997. The minimum absolute atomic E-state index is 0.00861. The van der Waals surface area contributed by atoms with Crippen molar-refractivity contribution in [2.75, 3.05) is 7.05 Å². The number of hydrazine groups is 1. The van der Waals surface area contributed by atoms with Crippen LogP contribution in [0.3, 0.4) is 0 Å². The minimum Gasteiger partial charge on any atom is -0.350 e. The van der Waals surface area contributed by atoms with Crippen molar-refractivity contribution in [3.8, 4) is 0 Å². The van der Waals surface area contributed by atoms with E-state index in [2.05, 4.69) is 5.43 Å². The Morgan fingerprint density at radius 2 is 2.00 bits per heavy atom. The third-order valence-corrected chi connectivity index (χ3v) is 2.44. The van der Waals surface area contributed by atoms with E-state index in [4.69, 9.17) is 5.73 Å². The van der Waals surface area contributed by atoms with Gasteiger partial charge in [-0.05, 0) is 11.8 Å². The molecule has 13 heavy (non-hydrogen) atoms. The van der Waals surface area contributed by atoms with Crippen LogP contribution in [0.15, 0.2) is 0 Å². The quantitative estimate of drug-likeness (QED) is 0.567. The van der Waals surface area contributed by atoms with Crippen LogP contribution >= 0.6 is 0 Å². The maximum Gasteiger partial charge on any atom is 0.333 e. The van der Waals surface area contributed by atoms with Gasteiger partial charge in [0.25, 0.3) is 0 Å². The van der Waals surface area contributed by atoms with E-state index in [1.54, 1.807) is 0 Å². The Hall–Kier alpha value is -1.26. The lowest BCUT2D eigenvalue weighted by molar-refractivity contribution is -0.126. The summed E-state index contributed by atoms with van der Waals surface area (Å²) in [6.07, 6.45) is 0.867. The first-order valence-electron chi connectivity index (χ1n) is 4.18. The third-order valence-electron chi connectivity index (χ3n) is 2.44. The Bertz CT molecular complexity index is 250. The summed E-state index contributed by atoms with van der Waals surface area (Å²) in [6.45, 7) is 4.03. The van der Waals surface area contributed by atoms with Crippen LogP contribution in [0.5, 0.6) is 0 Å². The molecule has 0 aliphatic heterocycles. The zero-order chi connectivity index (χ0) is 10.2. The fraction of sp³-hybridized carbons (Fsp3) is 0.750. The molecule has 5 heteroatoms. The number of nitrogens with zero attached hydrogens (tertiary/aromatic N) is 1. The molecule has 1 fully saturated rings. The van der Waals surface area contributed by atoms with Gasteiger partial charge in [0, 0.05) is 13.0 Å². The van der Waals surface area contributed by atoms with Gasteiger partial charge < -0.3 is 5.73 Å². The normalized spacial score (nSPS) is 23.5. The molecule has 0 heterocycles. The number of nitrogens with two attached hydrogens (primary N) is 1. The van der Waals surface area contributed by atoms with Gasteiger partial charge >= 0.3 is 6.03 Å². The van der Waals surface area contributed by atoms with Crippen LogP contribution in [-0.4, -0.2) is 24.0 Å². The highest BCUT2D eigenvalue weighted by Gasteiger charge is 2.50. The molecular formula is C8H15N3O2. The van der Waals surface area contributed by atoms with Gasteiger partial charge in [0.2, 0.25) is 5.91 Å². The summed E-state index contributed by atoms with van der Waals surface area (Å²) >= 11 is 0. The number of carbonyl (C=O) groups is 2. The van der Waals surface area contributed by atoms with Crippen LogP contribution < -0.4 is 11.2 Å². The molecule has 0 spiro atoms. The van der Waals surface area contributed by atoms with Crippen molar-refractivity contribution in [2.45, 2.75) is 20.3 Å². The number of nitrogens with one attached hydrogen (secondary N) is 1. The highest BCUT2D eigenvalue weighted by Crippen LogP contribution is 2.51. The Balaban J connectivity index is 2.40. The molecule has 0 aromatic rings.